The topological polar surface area (TPSA) is 17.1 Å². The Balaban J connectivity index is 2.97. The van der Waals surface area contributed by atoms with Gasteiger partial charge in [0.05, 0.1) is 5.56 Å². The molecule has 1 aromatic rings. The highest BCUT2D eigenvalue weighted by molar-refractivity contribution is 6.30. The number of Topliss-reactive ketones (excluding diaryl/α,β-unsaturated/α-hetero) is 1. The van der Waals surface area contributed by atoms with E-state index < -0.39 is 17.5 Å². The predicted molar refractivity (Wildman–Crippen MR) is 65.4 cm³/mol. The van der Waals surface area contributed by atoms with E-state index in [2.05, 4.69) is 0 Å². The van der Waals surface area contributed by atoms with Crippen LogP contribution in [-0.2, 0) is 6.18 Å². The summed E-state index contributed by atoms with van der Waals surface area (Å²) >= 11 is 11.0. The summed E-state index contributed by atoms with van der Waals surface area (Å²) in [5, 5.41) is -0.0420. The van der Waals surface area contributed by atoms with Crippen LogP contribution in [0.15, 0.2) is 18.2 Å². The molecule has 0 amide bonds. The SMILES string of the molecule is O=C(CCCCCl)c1ccc(Cl)cc1C(F)(F)F. The van der Waals surface area contributed by atoms with Crippen molar-refractivity contribution < 1.29 is 18.0 Å². The molecule has 0 aliphatic carbocycles. The molecule has 0 atom stereocenters. The van der Waals surface area contributed by atoms with Crippen molar-refractivity contribution in [3.63, 3.8) is 0 Å². The van der Waals surface area contributed by atoms with E-state index in [1.807, 2.05) is 0 Å². The number of hydrogen-bond donors (Lipinski definition) is 0. The van der Waals surface area contributed by atoms with Gasteiger partial charge in [-0.1, -0.05) is 11.6 Å². The molecular formula is C12H11Cl2F3O. The summed E-state index contributed by atoms with van der Waals surface area (Å²) in [5.74, 6) is -0.149. The average molecular weight is 299 g/mol. The predicted octanol–water partition coefficient (Wildman–Crippen LogP) is 4.95. The summed E-state index contributed by atoms with van der Waals surface area (Å²) in [6.07, 6.45) is -3.45. The van der Waals surface area contributed by atoms with E-state index in [0.29, 0.717) is 18.7 Å². The van der Waals surface area contributed by atoms with Crippen LogP contribution in [0.1, 0.15) is 35.2 Å². The third-order valence-electron chi connectivity index (χ3n) is 2.37. The smallest absolute Gasteiger partial charge is 0.294 e. The number of carbonyl (C=O) groups is 1. The van der Waals surface area contributed by atoms with Gasteiger partial charge < -0.3 is 0 Å². The molecule has 0 saturated heterocycles. The summed E-state index contributed by atoms with van der Waals surface area (Å²) in [7, 11) is 0. The fraction of sp³-hybridized carbons (Fsp3) is 0.417. The lowest BCUT2D eigenvalue weighted by atomic mass is 10.00. The zero-order valence-corrected chi connectivity index (χ0v) is 10.9. The lowest BCUT2D eigenvalue weighted by Gasteiger charge is -2.12. The largest absolute Gasteiger partial charge is 0.417 e. The molecule has 0 aromatic heterocycles. The summed E-state index contributed by atoms with van der Waals surface area (Å²) in [6.45, 7) is 0. The van der Waals surface area contributed by atoms with E-state index in [-0.39, 0.29) is 17.0 Å². The third-order valence-corrected chi connectivity index (χ3v) is 2.88. The van der Waals surface area contributed by atoms with Gasteiger partial charge in [0.1, 0.15) is 0 Å². The fourth-order valence-electron chi connectivity index (χ4n) is 1.51. The lowest BCUT2D eigenvalue weighted by molar-refractivity contribution is -0.137. The molecule has 100 valence electrons. The van der Waals surface area contributed by atoms with Crippen LogP contribution in [0.25, 0.3) is 0 Å². The lowest BCUT2D eigenvalue weighted by Crippen LogP contribution is -2.13. The normalized spacial score (nSPS) is 11.6. The van der Waals surface area contributed by atoms with E-state index in [9.17, 15) is 18.0 Å². The highest BCUT2D eigenvalue weighted by Gasteiger charge is 2.35. The first-order chi connectivity index (χ1) is 8.36. The number of ketones is 1. The Labute approximate surface area is 113 Å². The van der Waals surface area contributed by atoms with Crippen molar-refractivity contribution in [2.75, 3.05) is 5.88 Å². The van der Waals surface area contributed by atoms with Gasteiger partial charge in [-0.15, -0.1) is 11.6 Å². The van der Waals surface area contributed by atoms with Gasteiger partial charge in [-0.05, 0) is 31.0 Å². The van der Waals surface area contributed by atoms with Crippen LogP contribution in [0.3, 0.4) is 0 Å². The molecule has 0 bridgehead atoms. The maximum atomic E-state index is 12.7. The molecule has 0 fully saturated rings. The number of halogens is 5. The Bertz CT molecular complexity index is 430. The number of rotatable bonds is 5. The van der Waals surface area contributed by atoms with Gasteiger partial charge in [0, 0.05) is 22.9 Å². The molecule has 0 unspecified atom stereocenters. The monoisotopic (exact) mass is 298 g/mol. The molecule has 6 heteroatoms. The first kappa shape index (κ1) is 15.3. The van der Waals surface area contributed by atoms with Gasteiger partial charge in [-0.3, -0.25) is 4.79 Å². The summed E-state index contributed by atoms with van der Waals surface area (Å²) in [6, 6.07) is 3.18. The van der Waals surface area contributed by atoms with Gasteiger partial charge in [0.25, 0.3) is 0 Å². The maximum Gasteiger partial charge on any atom is 0.417 e. The van der Waals surface area contributed by atoms with Crippen molar-refractivity contribution in [1.82, 2.24) is 0 Å². The van der Waals surface area contributed by atoms with Crippen molar-refractivity contribution in [2.45, 2.75) is 25.4 Å². The highest BCUT2D eigenvalue weighted by Crippen LogP contribution is 2.34. The van der Waals surface area contributed by atoms with Gasteiger partial charge in [-0.2, -0.15) is 13.2 Å². The first-order valence-electron chi connectivity index (χ1n) is 5.32. The second kappa shape index (κ2) is 6.43. The number of alkyl halides is 4. The van der Waals surface area contributed by atoms with Crippen molar-refractivity contribution in [1.29, 1.82) is 0 Å². The van der Waals surface area contributed by atoms with E-state index in [1.54, 1.807) is 0 Å². The van der Waals surface area contributed by atoms with Gasteiger partial charge in [0.15, 0.2) is 5.78 Å². The maximum absolute atomic E-state index is 12.7. The van der Waals surface area contributed by atoms with Gasteiger partial charge in [-0.25, -0.2) is 0 Å². The average Bonchev–Trinajstić information content (AvgIpc) is 2.28. The van der Waals surface area contributed by atoms with Gasteiger partial charge >= 0.3 is 6.18 Å². The molecule has 1 nitrogen and oxygen atoms in total. The number of hydrogen-bond acceptors (Lipinski definition) is 1. The van der Waals surface area contributed by atoms with Crippen molar-refractivity contribution in [2.24, 2.45) is 0 Å². The molecule has 18 heavy (non-hydrogen) atoms. The number of benzene rings is 1. The quantitative estimate of drug-likeness (QED) is 0.427. The molecule has 1 rings (SSSR count). The Morgan fingerprint density at radius 2 is 1.89 bits per heavy atom. The summed E-state index contributed by atoms with van der Waals surface area (Å²) in [5.41, 5.74) is -1.31. The number of unbranched alkanes of at least 4 members (excludes halogenated alkanes) is 1. The highest BCUT2D eigenvalue weighted by atomic mass is 35.5. The minimum Gasteiger partial charge on any atom is -0.294 e. The van der Waals surface area contributed by atoms with Crippen LogP contribution >= 0.6 is 23.2 Å². The number of carbonyl (C=O) groups excluding carboxylic acids is 1. The Hall–Kier alpha value is -0.740. The summed E-state index contributed by atoms with van der Waals surface area (Å²) < 4.78 is 38.2. The van der Waals surface area contributed by atoms with E-state index >= 15 is 0 Å². The van der Waals surface area contributed by atoms with Crippen LogP contribution < -0.4 is 0 Å². The third kappa shape index (κ3) is 4.18. The first-order valence-corrected chi connectivity index (χ1v) is 6.23. The molecule has 0 aliphatic rings. The van der Waals surface area contributed by atoms with Crippen LogP contribution in [0.5, 0.6) is 0 Å². The van der Waals surface area contributed by atoms with Crippen LogP contribution in [0.4, 0.5) is 13.2 Å². The van der Waals surface area contributed by atoms with E-state index in [4.69, 9.17) is 23.2 Å². The van der Waals surface area contributed by atoms with Gasteiger partial charge in [0.2, 0.25) is 0 Å². The van der Waals surface area contributed by atoms with Crippen LogP contribution in [-0.4, -0.2) is 11.7 Å². The molecule has 0 heterocycles. The standard InChI is InChI=1S/C12H11Cl2F3O/c13-6-2-1-3-11(18)9-5-4-8(14)7-10(9)12(15,16)17/h4-5,7H,1-3,6H2. The zero-order chi connectivity index (χ0) is 13.8. The molecule has 0 aliphatic heterocycles. The van der Waals surface area contributed by atoms with E-state index in [1.165, 1.54) is 6.07 Å². The molecule has 0 radical (unpaired) electrons. The molecule has 0 saturated carbocycles. The van der Waals surface area contributed by atoms with E-state index in [0.717, 1.165) is 12.1 Å². The second-order valence-corrected chi connectivity index (χ2v) is 4.57. The van der Waals surface area contributed by atoms with Crippen LogP contribution in [0.2, 0.25) is 5.02 Å². The van der Waals surface area contributed by atoms with Crippen molar-refractivity contribution >= 4 is 29.0 Å². The van der Waals surface area contributed by atoms with Crippen molar-refractivity contribution in [3.8, 4) is 0 Å². The Morgan fingerprint density at radius 1 is 1.22 bits per heavy atom. The second-order valence-electron chi connectivity index (χ2n) is 3.76. The zero-order valence-electron chi connectivity index (χ0n) is 9.36. The van der Waals surface area contributed by atoms with Crippen LogP contribution in [0, 0.1) is 0 Å². The fourth-order valence-corrected chi connectivity index (χ4v) is 1.87. The molecular weight excluding hydrogens is 288 g/mol. The molecule has 1 aromatic carbocycles. The Morgan fingerprint density at radius 3 is 2.44 bits per heavy atom. The minimum absolute atomic E-state index is 0.0420. The molecule has 0 spiro atoms. The Kier molecular flexibility index (Phi) is 5.47. The minimum atomic E-state index is -4.58. The molecule has 0 N–H and O–H groups in total. The van der Waals surface area contributed by atoms with Crippen molar-refractivity contribution in [3.05, 3.63) is 34.3 Å². The summed E-state index contributed by atoms with van der Waals surface area (Å²) in [4.78, 5) is 11.7.